The summed E-state index contributed by atoms with van der Waals surface area (Å²) in [7, 11) is 0. The molecule has 136 valence electrons. The predicted octanol–water partition coefficient (Wildman–Crippen LogP) is 0.695. The first-order valence-corrected chi connectivity index (χ1v) is 8.65. The molecule has 2 aliphatic rings. The number of carbonyl (C=O) groups excluding carboxylic acids is 3. The van der Waals surface area contributed by atoms with Crippen molar-refractivity contribution in [3.05, 3.63) is 29.8 Å². The number of piperazine rings is 1. The summed E-state index contributed by atoms with van der Waals surface area (Å²) < 4.78 is 0. The van der Waals surface area contributed by atoms with Crippen molar-refractivity contribution in [3.63, 3.8) is 0 Å². The van der Waals surface area contributed by atoms with E-state index < -0.39 is 11.6 Å². The molecule has 7 nitrogen and oxygen atoms in total. The highest BCUT2D eigenvalue weighted by molar-refractivity contribution is 6.06. The zero-order valence-electron chi connectivity index (χ0n) is 14.7. The molecule has 1 aromatic rings. The number of urea groups is 1. The maximum atomic E-state index is 12.5. The maximum absolute atomic E-state index is 12.5. The summed E-state index contributed by atoms with van der Waals surface area (Å²) in [6.45, 7) is 4.26. The van der Waals surface area contributed by atoms with E-state index in [0.29, 0.717) is 26.2 Å². The van der Waals surface area contributed by atoms with Crippen LogP contribution in [0, 0.1) is 12.3 Å². The van der Waals surface area contributed by atoms with Crippen LogP contribution < -0.4 is 15.5 Å². The Morgan fingerprint density at radius 3 is 2.54 bits per heavy atom. The van der Waals surface area contributed by atoms with Crippen LogP contribution in [-0.4, -0.2) is 54.5 Å². The highest BCUT2D eigenvalue weighted by atomic mass is 16.2. The number of hydrogen-bond donors (Lipinski definition) is 2. The lowest BCUT2D eigenvalue weighted by molar-refractivity contribution is -0.132. The van der Waals surface area contributed by atoms with Gasteiger partial charge in [0.05, 0.1) is 5.69 Å². The second-order valence-electron chi connectivity index (χ2n) is 6.77. The Hall–Kier alpha value is -3.01. The van der Waals surface area contributed by atoms with E-state index in [4.69, 9.17) is 6.42 Å². The molecule has 2 aliphatic heterocycles. The fourth-order valence-electron chi connectivity index (χ4n) is 3.34. The first-order valence-electron chi connectivity index (χ1n) is 8.65. The summed E-state index contributed by atoms with van der Waals surface area (Å²) in [5, 5.41) is 4.79. The summed E-state index contributed by atoms with van der Waals surface area (Å²) >= 11 is 0. The van der Waals surface area contributed by atoms with Crippen molar-refractivity contribution in [3.8, 4) is 12.3 Å². The van der Waals surface area contributed by atoms with Gasteiger partial charge in [0, 0.05) is 38.2 Å². The Labute approximate surface area is 152 Å². The van der Waals surface area contributed by atoms with Crippen molar-refractivity contribution >= 4 is 23.5 Å². The van der Waals surface area contributed by atoms with Gasteiger partial charge in [0.25, 0.3) is 5.91 Å². The van der Waals surface area contributed by atoms with E-state index in [0.717, 1.165) is 11.3 Å². The summed E-state index contributed by atoms with van der Waals surface area (Å²) in [5.74, 6) is 2.30. The summed E-state index contributed by atoms with van der Waals surface area (Å²) in [5.41, 5.74) is 0.850. The fourth-order valence-corrected chi connectivity index (χ4v) is 3.34. The minimum atomic E-state index is -1.01. The smallest absolute Gasteiger partial charge is 0.322 e. The van der Waals surface area contributed by atoms with Crippen LogP contribution >= 0.6 is 0 Å². The van der Waals surface area contributed by atoms with Gasteiger partial charge in [0.2, 0.25) is 5.91 Å². The number of benzene rings is 1. The molecule has 1 aromatic carbocycles. The number of nitrogens with zero attached hydrogens (tertiary/aromatic N) is 2. The van der Waals surface area contributed by atoms with Gasteiger partial charge in [-0.15, -0.1) is 6.42 Å². The monoisotopic (exact) mass is 354 g/mol. The van der Waals surface area contributed by atoms with E-state index in [2.05, 4.69) is 21.5 Å². The lowest BCUT2D eigenvalue weighted by Crippen LogP contribution is -2.50. The average molecular weight is 354 g/mol. The van der Waals surface area contributed by atoms with Gasteiger partial charge in [-0.05, 0) is 25.5 Å². The highest BCUT2D eigenvalue weighted by Crippen LogP contribution is 2.22. The SMILES string of the molecule is C#Cc1ccccc1N1CCN(C(=O)CCC2(C)NC(=O)NC2=O)CC1. The predicted molar refractivity (Wildman–Crippen MR) is 97.5 cm³/mol. The summed E-state index contributed by atoms with van der Waals surface area (Å²) in [6, 6.07) is 7.26. The van der Waals surface area contributed by atoms with Crippen LogP contribution in [0.3, 0.4) is 0 Å². The molecule has 7 heteroatoms. The molecule has 0 radical (unpaired) electrons. The van der Waals surface area contributed by atoms with E-state index >= 15 is 0 Å². The van der Waals surface area contributed by atoms with Crippen LogP contribution in [0.4, 0.5) is 10.5 Å². The van der Waals surface area contributed by atoms with Gasteiger partial charge in [-0.3, -0.25) is 14.9 Å². The number of para-hydroxylation sites is 1. The molecule has 0 bridgehead atoms. The molecular weight excluding hydrogens is 332 g/mol. The molecule has 2 fully saturated rings. The first kappa shape index (κ1) is 17.8. The second-order valence-corrected chi connectivity index (χ2v) is 6.77. The van der Waals surface area contributed by atoms with Gasteiger partial charge in [0.15, 0.2) is 0 Å². The van der Waals surface area contributed by atoms with Crippen LogP contribution in [0.15, 0.2) is 24.3 Å². The number of carbonyl (C=O) groups is 3. The van der Waals surface area contributed by atoms with Crippen LogP contribution in [0.1, 0.15) is 25.3 Å². The van der Waals surface area contributed by atoms with Crippen molar-refractivity contribution in [2.75, 3.05) is 31.1 Å². The van der Waals surface area contributed by atoms with Crippen molar-refractivity contribution in [2.45, 2.75) is 25.3 Å². The largest absolute Gasteiger partial charge is 0.367 e. The molecule has 1 atom stereocenters. The van der Waals surface area contributed by atoms with E-state index in [-0.39, 0.29) is 24.7 Å². The number of amides is 4. The number of nitrogens with one attached hydrogen (secondary N) is 2. The highest BCUT2D eigenvalue weighted by Gasteiger charge is 2.42. The van der Waals surface area contributed by atoms with Gasteiger partial charge < -0.3 is 15.1 Å². The quantitative estimate of drug-likeness (QED) is 0.616. The Morgan fingerprint density at radius 1 is 1.23 bits per heavy atom. The van der Waals surface area contributed by atoms with Gasteiger partial charge in [-0.25, -0.2) is 4.79 Å². The molecule has 26 heavy (non-hydrogen) atoms. The number of rotatable bonds is 4. The third kappa shape index (κ3) is 3.49. The van der Waals surface area contributed by atoms with Crippen LogP contribution in [0.2, 0.25) is 0 Å². The molecular formula is C19H22N4O3. The standard InChI is InChI=1S/C19H22N4O3/c1-3-14-6-4-5-7-15(14)22-10-12-23(13-11-22)16(24)8-9-19(2)17(25)20-18(26)21-19/h1,4-7H,8-13H2,2H3,(H2,20,21,25,26). The lowest BCUT2D eigenvalue weighted by Gasteiger charge is -2.37. The molecule has 0 saturated carbocycles. The molecule has 2 N–H and O–H groups in total. The number of anilines is 1. The lowest BCUT2D eigenvalue weighted by atomic mass is 9.96. The van der Waals surface area contributed by atoms with E-state index in [1.165, 1.54) is 0 Å². The van der Waals surface area contributed by atoms with Crippen LogP contribution in [-0.2, 0) is 9.59 Å². The normalized spacial score (nSPS) is 22.6. The molecule has 0 spiro atoms. The van der Waals surface area contributed by atoms with Crippen molar-refractivity contribution in [2.24, 2.45) is 0 Å². The first-order chi connectivity index (χ1) is 12.4. The van der Waals surface area contributed by atoms with Crippen molar-refractivity contribution < 1.29 is 14.4 Å². The zero-order valence-corrected chi connectivity index (χ0v) is 14.7. The molecule has 1 unspecified atom stereocenters. The maximum Gasteiger partial charge on any atom is 0.322 e. The molecule has 0 aliphatic carbocycles. The van der Waals surface area contributed by atoms with Gasteiger partial charge in [0.1, 0.15) is 5.54 Å². The third-order valence-electron chi connectivity index (χ3n) is 4.99. The average Bonchev–Trinajstić information content (AvgIpc) is 2.92. The van der Waals surface area contributed by atoms with Gasteiger partial charge in [-0.1, -0.05) is 18.1 Å². The minimum absolute atomic E-state index is 0.00920. The minimum Gasteiger partial charge on any atom is -0.367 e. The van der Waals surface area contributed by atoms with E-state index in [1.54, 1.807) is 11.8 Å². The van der Waals surface area contributed by atoms with Gasteiger partial charge >= 0.3 is 6.03 Å². The third-order valence-corrected chi connectivity index (χ3v) is 4.99. The summed E-state index contributed by atoms with van der Waals surface area (Å²) in [6.07, 6.45) is 6.06. The fraction of sp³-hybridized carbons (Fsp3) is 0.421. The topological polar surface area (TPSA) is 81.8 Å². The number of terminal acetylenes is 1. The van der Waals surface area contributed by atoms with Crippen molar-refractivity contribution in [1.82, 2.24) is 15.5 Å². The molecule has 2 heterocycles. The molecule has 4 amide bonds. The van der Waals surface area contributed by atoms with Gasteiger partial charge in [-0.2, -0.15) is 0 Å². The second kappa shape index (κ2) is 7.08. The number of hydrogen-bond acceptors (Lipinski definition) is 4. The molecule has 0 aromatic heterocycles. The Morgan fingerprint density at radius 2 is 1.92 bits per heavy atom. The molecule has 2 saturated heterocycles. The Balaban J connectivity index is 1.53. The van der Waals surface area contributed by atoms with Crippen molar-refractivity contribution in [1.29, 1.82) is 0 Å². The van der Waals surface area contributed by atoms with E-state index in [9.17, 15) is 14.4 Å². The van der Waals surface area contributed by atoms with E-state index in [1.807, 2.05) is 24.3 Å². The summed E-state index contributed by atoms with van der Waals surface area (Å²) in [4.78, 5) is 39.6. The Bertz CT molecular complexity index is 777. The molecule has 3 rings (SSSR count). The van der Waals surface area contributed by atoms with Crippen LogP contribution in [0.25, 0.3) is 0 Å². The zero-order chi connectivity index (χ0) is 18.7. The Kier molecular flexibility index (Phi) is 4.85. The van der Waals surface area contributed by atoms with Crippen LogP contribution in [0.5, 0.6) is 0 Å². The number of imide groups is 1.